The maximum atomic E-state index is 11.9. The Morgan fingerprint density at radius 3 is 2.69 bits per heavy atom. The summed E-state index contributed by atoms with van der Waals surface area (Å²) in [5.74, 6) is -0.319. The highest BCUT2D eigenvalue weighted by atomic mass is 32.2. The third-order valence-electron chi connectivity index (χ3n) is 3.05. The smallest absolute Gasteiger partial charge is 0.308 e. The number of hydrogen-bond acceptors (Lipinski definition) is 3. The molecule has 2 N–H and O–H groups in total. The van der Waals surface area contributed by atoms with Gasteiger partial charge in [-0.3, -0.25) is 9.59 Å². The first-order valence-electron chi connectivity index (χ1n) is 5.64. The Hall–Kier alpha value is -0.710. The van der Waals surface area contributed by atoms with Gasteiger partial charge in [0.05, 0.1) is 10.7 Å². The molecular weight excluding hydrogens is 226 g/mol. The van der Waals surface area contributed by atoms with E-state index in [2.05, 4.69) is 5.32 Å². The fourth-order valence-corrected chi connectivity index (χ4v) is 3.00. The number of nitrogens with one attached hydrogen (secondary N) is 1. The topological polar surface area (TPSA) is 66.4 Å². The fourth-order valence-electron chi connectivity index (χ4n) is 1.77. The minimum absolute atomic E-state index is 0.0188. The van der Waals surface area contributed by atoms with Crippen LogP contribution in [0.15, 0.2) is 0 Å². The Labute approximate surface area is 100 Å². The van der Waals surface area contributed by atoms with E-state index in [4.69, 9.17) is 5.11 Å². The second-order valence-corrected chi connectivity index (χ2v) is 5.93. The Morgan fingerprint density at radius 2 is 2.25 bits per heavy atom. The average molecular weight is 245 g/mol. The summed E-state index contributed by atoms with van der Waals surface area (Å²) in [5.41, 5.74) is 0. The zero-order chi connectivity index (χ0) is 12.2. The number of amides is 1. The van der Waals surface area contributed by atoms with Gasteiger partial charge in [-0.15, -0.1) is 11.8 Å². The number of aliphatic carboxylic acids is 1. The molecule has 1 amide bonds. The average Bonchev–Trinajstić information content (AvgIpc) is 2.66. The Kier molecular flexibility index (Phi) is 4.65. The quantitative estimate of drug-likeness (QED) is 0.770. The molecule has 1 fully saturated rings. The summed E-state index contributed by atoms with van der Waals surface area (Å²) in [7, 11) is 0. The number of carbonyl (C=O) groups is 2. The molecule has 1 aliphatic rings. The molecule has 0 saturated carbocycles. The molecule has 2 atom stereocenters. The van der Waals surface area contributed by atoms with Gasteiger partial charge in [0.15, 0.2) is 0 Å². The van der Waals surface area contributed by atoms with E-state index in [9.17, 15) is 9.59 Å². The largest absolute Gasteiger partial charge is 0.481 e. The normalized spacial score (nSPS) is 26.4. The molecule has 0 aromatic rings. The second-order valence-electron chi connectivity index (χ2n) is 4.34. The lowest BCUT2D eigenvalue weighted by Crippen LogP contribution is -2.43. The van der Waals surface area contributed by atoms with Gasteiger partial charge in [0.25, 0.3) is 0 Å². The molecule has 0 aromatic carbocycles. The van der Waals surface area contributed by atoms with Crippen molar-refractivity contribution in [2.45, 2.75) is 37.9 Å². The van der Waals surface area contributed by atoms with Crippen LogP contribution in [0.2, 0.25) is 0 Å². The van der Waals surface area contributed by atoms with Gasteiger partial charge in [0.1, 0.15) is 0 Å². The molecule has 1 aliphatic heterocycles. The summed E-state index contributed by atoms with van der Waals surface area (Å²) >= 11 is 1.66. The van der Waals surface area contributed by atoms with Crippen molar-refractivity contribution in [2.24, 2.45) is 5.92 Å². The van der Waals surface area contributed by atoms with Crippen molar-refractivity contribution < 1.29 is 14.7 Å². The third-order valence-corrected chi connectivity index (χ3v) is 4.57. The lowest BCUT2D eigenvalue weighted by Gasteiger charge is -2.22. The van der Waals surface area contributed by atoms with Crippen molar-refractivity contribution in [1.82, 2.24) is 5.32 Å². The lowest BCUT2D eigenvalue weighted by atomic mass is 10.0. The summed E-state index contributed by atoms with van der Waals surface area (Å²) in [4.78, 5) is 22.7. The molecule has 0 radical (unpaired) electrons. The van der Waals surface area contributed by atoms with E-state index in [1.54, 1.807) is 11.8 Å². The van der Waals surface area contributed by atoms with Crippen LogP contribution in [-0.2, 0) is 9.59 Å². The van der Waals surface area contributed by atoms with Gasteiger partial charge in [0.2, 0.25) is 5.91 Å². The highest BCUT2D eigenvalue weighted by Gasteiger charge is 2.37. The molecular formula is C11H19NO3S. The Bertz CT molecular complexity index is 274. The van der Waals surface area contributed by atoms with E-state index >= 15 is 0 Å². The second kappa shape index (κ2) is 5.57. The summed E-state index contributed by atoms with van der Waals surface area (Å²) in [6, 6.07) is 0. The number of hydrogen-bond donors (Lipinski definition) is 2. The van der Waals surface area contributed by atoms with Gasteiger partial charge in [-0.1, -0.05) is 6.92 Å². The maximum absolute atomic E-state index is 11.9. The van der Waals surface area contributed by atoms with Crippen LogP contribution in [0.4, 0.5) is 0 Å². The van der Waals surface area contributed by atoms with Crippen molar-refractivity contribution >= 4 is 23.6 Å². The fraction of sp³-hybridized carbons (Fsp3) is 0.818. The summed E-state index contributed by atoms with van der Waals surface area (Å²) in [6.45, 7) is 3.99. The van der Waals surface area contributed by atoms with E-state index in [1.165, 1.54) is 0 Å². The van der Waals surface area contributed by atoms with Crippen LogP contribution >= 0.6 is 11.8 Å². The Balaban J connectivity index is 2.42. The maximum Gasteiger partial charge on any atom is 0.308 e. The molecule has 0 aliphatic carbocycles. The number of carboxylic acid groups (broad SMARTS) is 1. The van der Waals surface area contributed by atoms with Crippen molar-refractivity contribution in [3.63, 3.8) is 0 Å². The standard InChI is InChI=1S/C11H19NO3S/c1-3-8(9(13)14)7-12-10(15)11(2)5-4-6-16-11/h8H,3-7H2,1-2H3,(H,12,15)(H,13,14). The van der Waals surface area contributed by atoms with Crippen molar-refractivity contribution in [2.75, 3.05) is 12.3 Å². The van der Waals surface area contributed by atoms with Gasteiger partial charge in [-0.05, 0) is 31.9 Å². The lowest BCUT2D eigenvalue weighted by molar-refractivity contribution is -0.141. The SMILES string of the molecule is CCC(CNC(=O)C1(C)CCCS1)C(=O)O. The molecule has 0 bridgehead atoms. The van der Waals surface area contributed by atoms with E-state index < -0.39 is 11.9 Å². The zero-order valence-corrected chi connectivity index (χ0v) is 10.6. The van der Waals surface area contributed by atoms with Gasteiger partial charge >= 0.3 is 5.97 Å². The minimum atomic E-state index is -0.841. The van der Waals surface area contributed by atoms with Crippen LogP contribution in [0.1, 0.15) is 33.1 Å². The summed E-state index contributed by atoms with van der Waals surface area (Å²) in [6.07, 6.45) is 2.48. The van der Waals surface area contributed by atoms with Crippen LogP contribution in [0.3, 0.4) is 0 Å². The van der Waals surface area contributed by atoms with Gasteiger partial charge in [0, 0.05) is 6.54 Å². The number of carboxylic acids is 1. The molecule has 0 aromatic heterocycles. The first kappa shape index (κ1) is 13.4. The van der Waals surface area contributed by atoms with Crippen LogP contribution in [0.5, 0.6) is 0 Å². The molecule has 2 unspecified atom stereocenters. The van der Waals surface area contributed by atoms with Crippen LogP contribution in [-0.4, -0.2) is 34.0 Å². The number of carbonyl (C=O) groups excluding carboxylic acids is 1. The Morgan fingerprint density at radius 1 is 1.56 bits per heavy atom. The van der Waals surface area contributed by atoms with Crippen molar-refractivity contribution in [3.05, 3.63) is 0 Å². The van der Waals surface area contributed by atoms with Crippen LogP contribution in [0.25, 0.3) is 0 Å². The first-order chi connectivity index (χ1) is 7.49. The summed E-state index contributed by atoms with van der Waals surface area (Å²) < 4.78 is -0.350. The van der Waals surface area contributed by atoms with E-state index in [1.807, 2.05) is 13.8 Å². The molecule has 16 heavy (non-hydrogen) atoms. The highest BCUT2D eigenvalue weighted by molar-refractivity contribution is 8.01. The van der Waals surface area contributed by atoms with E-state index in [-0.39, 0.29) is 17.2 Å². The van der Waals surface area contributed by atoms with E-state index in [0.717, 1.165) is 18.6 Å². The van der Waals surface area contributed by atoms with Gasteiger partial charge < -0.3 is 10.4 Å². The monoisotopic (exact) mass is 245 g/mol. The van der Waals surface area contributed by atoms with Crippen LogP contribution in [0, 0.1) is 5.92 Å². The summed E-state index contributed by atoms with van der Waals surface area (Å²) in [5, 5.41) is 11.6. The zero-order valence-electron chi connectivity index (χ0n) is 9.78. The molecule has 1 saturated heterocycles. The number of rotatable bonds is 5. The van der Waals surface area contributed by atoms with Crippen molar-refractivity contribution in [1.29, 1.82) is 0 Å². The predicted molar refractivity (Wildman–Crippen MR) is 64.5 cm³/mol. The predicted octanol–water partition coefficient (Wildman–Crippen LogP) is 1.50. The first-order valence-corrected chi connectivity index (χ1v) is 6.63. The molecule has 4 nitrogen and oxygen atoms in total. The molecule has 0 spiro atoms. The minimum Gasteiger partial charge on any atom is -0.481 e. The molecule has 92 valence electrons. The van der Waals surface area contributed by atoms with E-state index in [0.29, 0.717) is 6.42 Å². The number of thioether (sulfide) groups is 1. The third kappa shape index (κ3) is 3.14. The van der Waals surface area contributed by atoms with Gasteiger partial charge in [-0.2, -0.15) is 0 Å². The molecule has 1 rings (SSSR count). The van der Waals surface area contributed by atoms with Gasteiger partial charge in [-0.25, -0.2) is 0 Å². The highest BCUT2D eigenvalue weighted by Crippen LogP contribution is 2.37. The molecule has 5 heteroatoms. The van der Waals surface area contributed by atoms with Crippen LogP contribution < -0.4 is 5.32 Å². The van der Waals surface area contributed by atoms with Crippen molar-refractivity contribution in [3.8, 4) is 0 Å². The molecule has 1 heterocycles.